The lowest BCUT2D eigenvalue weighted by molar-refractivity contribution is -0.111. The van der Waals surface area contributed by atoms with Gasteiger partial charge in [-0.1, -0.05) is 6.58 Å². The number of ether oxygens (including phenoxy) is 1. The molecule has 234 valence electrons. The number of hydrogen-bond donors (Lipinski definition) is 4. The van der Waals surface area contributed by atoms with Crippen molar-refractivity contribution in [3.05, 3.63) is 60.2 Å². The molecule has 1 saturated heterocycles. The Morgan fingerprint density at radius 1 is 1.14 bits per heavy atom. The van der Waals surface area contributed by atoms with Crippen molar-refractivity contribution < 1.29 is 19.0 Å². The summed E-state index contributed by atoms with van der Waals surface area (Å²) in [6.07, 6.45) is 6.52. The molecule has 2 aliphatic rings. The molecule has 44 heavy (non-hydrogen) atoms. The summed E-state index contributed by atoms with van der Waals surface area (Å²) in [6.45, 7) is 8.65. The van der Waals surface area contributed by atoms with Crippen molar-refractivity contribution in [2.45, 2.75) is 57.1 Å². The minimum Gasteiger partial charge on any atom is -0.494 e. The zero-order valence-electron chi connectivity index (χ0n) is 25.9. The highest BCUT2D eigenvalue weighted by Crippen LogP contribution is 2.44. The number of nitrogens with zero attached hydrogens (tertiary/aromatic N) is 5. The maximum atomic E-state index is 15.0. The number of aliphatic hydroxyl groups is 1. The van der Waals surface area contributed by atoms with Crippen molar-refractivity contribution in [3.63, 3.8) is 0 Å². The van der Waals surface area contributed by atoms with Gasteiger partial charge >= 0.3 is 0 Å². The average molecular weight is 605 g/mol. The van der Waals surface area contributed by atoms with Gasteiger partial charge in [0.1, 0.15) is 17.9 Å². The summed E-state index contributed by atoms with van der Waals surface area (Å²) < 4.78 is 20.8. The molecule has 1 aromatic heterocycles. The van der Waals surface area contributed by atoms with Crippen LogP contribution in [0.2, 0.25) is 0 Å². The molecular formula is C32H41FN8O3. The van der Waals surface area contributed by atoms with Gasteiger partial charge in [-0.2, -0.15) is 4.98 Å². The predicted molar refractivity (Wildman–Crippen MR) is 171 cm³/mol. The van der Waals surface area contributed by atoms with Crippen molar-refractivity contribution in [3.8, 4) is 5.75 Å². The summed E-state index contributed by atoms with van der Waals surface area (Å²) in [5, 5.41) is 20.0. The highest BCUT2D eigenvalue weighted by Gasteiger charge is 2.31. The summed E-state index contributed by atoms with van der Waals surface area (Å²) in [5.41, 5.74) is 2.26. The van der Waals surface area contributed by atoms with E-state index in [1.807, 2.05) is 20.2 Å². The Balaban J connectivity index is 1.46. The number of nitrogens with one attached hydrogen (secondary N) is 3. The summed E-state index contributed by atoms with van der Waals surface area (Å²) in [6, 6.07) is 7.08. The minimum atomic E-state index is -1.23. The molecule has 11 nitrogen and oxygen atoms in total. The van der Waals surface area contributed by atoms with Crippen molar-refractivity contribution in [1.29, 1.82) is 0 Å². The Morgan fingerprint density at radius 2 is 1.84 bits per heavy atom. The molecule has 3 aromatic rings. The van der Waals surface area contributed by atoms with E-state index in [1.54, 1.807) is 33.1 Å². The van der Waals surface area contributed by atoms with E-state index in [0.29, 0.717) is 33.9 Å². The predicted octanol–water partition coefficient (Wildman–Crippen LogP) is 5.27. The van der Waals surface area contributed by atoms with Crippen LogP contribution in [0.25, 0.3) is 0 Å². The number of amides is 1. The van der Waals surface area contributed by atoms with Gasteiger partial charge in [-0.15, -0.1) is 0 Å². The van der Waals surface area contributed by atoms with Gasteiger partial charge in [0.05, 0.1) is 29.8 Å². The molecular weight excluding hydrogens is 563 g/mol. The molecule has 1 saturated carbocycles. The van der Waals surface area contributed by atoms with Crippen molar-refractivity contribution in [1.82, 2.24) is 19.9 Å². The third-order valence-corrected chi connectivity index (χ3v) is 7.90. The fourth-order valence-electron chi connectivity index (χ4n) is 5.69. The Morgan fingerprint density at radius 3 is 2.45 bits per heavy atom. The fraction of sp³-hybridized carbons (Fsp3) is 0.438. The zero-order valence-corrected chi connectivity index (χ0v) is 25.9. The van der Waals surface area contributed by atoms with Gasteiger partial charge in [-0.05, 0) is 89.4 Å². The molecule has 1 aliphatic carbocycles. The lowest BCUT2D eigenvalue weighted by Gasteiger charge is -2.31. The van der Waals surface area contributed by atoms with Gasteiger partial charge in [0.2, 0.25) is 17.8 Å². The Bertz CT molecular complexity index is 1540. The van der Waals surface area contributed by atoms with Crippen LogP contribution in [0, 0.1) is 5.82 Å². The van der Waals surface area contributed by atoms with Gasteiger partial charge < -0.3 is 35.6 Å². The first-order valence-corrected chi connectivity index (χ1v) is 14.8. The lowest BCUT2D eigenvalue weighted by atomic mass is 9.93. The maximum Gasteiger partial charge on any atom is 0.247 e. The zero-order chi connectivity index (χ0) is 31.6. The number of anilines is 6. The van der Waals surface area contributed by atoms with Crippen LogP contribution in [0.1, 0.15) is 56.6 Å². The number of rotatable bonds is 12. The molecule has 0 bridgehead atoms. The fourth-order valence-corrected chi connectivity index (χ4v) is 5.69. The molecule has 12 heteroatoms. The number of halogens is 1. The number of methoxy groups -OCH3 is 1. The van der Waals surface area contributed by atoms with E-state index in [1.165, 1.54) is 18.5 Å². The van der Waals surface area contributed by atoms with Gasteiger partial charge in [-0.3, -0.25) is 4.79 Å². The highest BCUT2D eigenvalue weighted by atomic mass is 19.1. The summed E-state index contributed by atoms with van der Waals surface area (Å²) >= 11 is 0. The van der Waals surface area contributed by atoms with Gasteiger partial charge in [0.15, 0.2) is 0 Å². The van der Waals surface area contributed by atoms with Crippen LogP contribution >= 0.6 is 0 Å². The van der Waals surface area contributed by atoms with Crippen LogP contribution in [-0.2, 0) is 10.4 Å². The number of carbonyl (C=O) groups is 1. The average Bonchev–Trinajstić information content (AvgIpc) is 3.71. The first-order valence-electron chi connectivity index (χ1n) is 14.8. The second-order valence-corrected chi connectivity index (χ2v) is 12.1. The Labute approximate surface area is 257 Å². The van der Waals surface area contributed by atoms with Crippen LogP contribution in [0.4, 0.5) is 39.0 Å². The number of carbonyl (C=O) groups excluding carboxylic acids is 1. The number of hydrogen-bond acceptors (Lipinski definition) is 10. The molecule has 4 N–H and O–H groups in total. The number of aromatic nitrogens is 3. The molecule has 1 atom stereocenters. The summed E-state index contributed by atoms with van der Waals surface area (Å²) in [4.78, 5) is 29.9. The van der Waals surface area contributed by atoms with Crippen LogP contribution in [0.3, 0.4) is 0 Å². The summed E-state index contributed by atoms with van der Waals surface area (Å²) in [5.74, 6) is 0.404. The molecule has 2 heterocycles. The van der Waals surface area contributed by atoms with Crippen molar-refractivity contribution >= 4 is 40.6 Å². The van der Waals surface area contributed by atoms with E-state index >= 15 is 4.39 Å². The van der Waals surface area contributed by atoms with E-state index in [4.69, 9.17) is 4.74 Å². The molecule has 1 amide bonds. The second kappa shape index (κ2) is 12.7. The molecule has 5 rings (SSSR count). The first-order chi connectivity index (χ1) is 21.0. The van der Waals surface area contributed by atoms with Crippen molar-refractivity contribution in [2.75, 3.05) is 55.1 Å². The SMILES string of the molecule is C=CC(=O)Nc1cc(Nc2ncnc(Nc3cc(F)c(C4CC4)cc3C(C)(C)O)n2)c(OC)cc1N1CCCC1CN(C)C. The number of likely N-dealkylation sites (N-methyl/N-ethyl adjacent to an activating group) is 1. The molecule has 2 aromatic carbocycles. The van der Waals surface area contributed by atoms with Crippen LogP contribution in [0.15, 0.2) is 43.2 Å². The van der Waals surface area contributed by atoms with E-state index in [0.717, 1.165) is 44.5 Å². The molecule has 1 unspecified atom stereocenters. The van der Waals surface area contributed by atoms with Gasteiger partial charge in [-0.25, -0.2) is 14.4 Å². The third-order valence-electron chi connectivity index (χ3n) is 7.90. The number of benzene rings is 2. The quantitative estimate of drug-likeness (QED) is 0.203. The van der Waals surface area contributed by atoms with E-state index in [2.05, 4.69) is 47.3 Å². The highest BCUT2D eigenvalue weighted by molar-refractivity contribution is 6.02. The molecule has 0 radical (unpaired) electrons. The van der Waals surface area contributed by atoms with Gasteiger partial charge in [0, 0.05) is 36.4 Å². The monoisotopic (exact) mass is 604 g/mol. The van der Waals surface area contributed by atoms with Gasteiger partial charge in [0.25, 0.3) is 0 Å². The molecule has 1 aliphatic heterocycles. The standard InChI is InChI=1S/C32H41FN8O3/c1-7-29(42)36-25-15-26(28(44-6)16-27(25)41-12-8-9-20(41)17-40(4)5)38-31-35-18-34-30(39-31)37-24-14-23(33)21(19-10-11-19)13-22(24)32(2,3)43/h7,13-16,18-20,43H,1,8-12,17H2,2-6H3,(H,36,42)(H2,34,35,37,38,39). The third kappa shape index (κ3) is 7.08. The van der Waals surface area contributed by atoms with E-state index < -0.39 is 5.60 Å². The van der Waals surface area contributed by atoms with E-state index in [-0.39, 0.29) is 35.6 Å². The minimum absolute atomic E-state index is 0.158. The molecule has 2 fully saturated rings. The topological polar surface area (TPSA) is 128 Å². The first kappa shape index (κ1) is 31.1. The second-order valence-electron chi connectivity index (χ2n) is 12.1. The maximum absolute atomic E-state index is 15.0. The molecule has 0 spiro atoms. The smallest absolute Gasteiger partial charge is 0.247 e. The van der Waals surface area contributed by atoms with E-state index in [9.17, 15) is 9.90 Å². The van der Waals surface area contributed by atoms with Crippen LogP contribution in [-0.4, -0.2) is 71.2 Å². The largest absolute Gasteiger partial charge is 0.494 e. The Kier molecular flexibility index (Phi) is 9.02. The summed E-state index contributed by atoms with van der Waals surface area (Å²) in [7, 11) is 5.67. The Hall–Kier alpha value is -4.29. The lowest BCUT2D eigenvalue weighted by Crippen LogP contribution is -2.38. The van der Waals surface area contributed by atoms with Crippen LogP contribution in [0.5, 0.6) is 5.75 Å². The van der Waals surface area contributed by atoms with Crippen LogP contribution < -0.4 is 25.6 Å². The normalized spacial score (nSPS) is 16.6. The van der Waals surface area contributed by atoms with Crippen molar-refractivity contribution in [2.24, 2.45) is 0 Å².